The van der Waals surface area contributed by atoms with Crippen LogP contribution in [0.1, 0.15) is 44.2 Å². The van der Waals surface area contributed by atoms with Crippen molar-refractivity contribution in [2.45, 2.75) is 50.6 Å². The van der Waals surface area contributed by atoms with Gasteiger partial charge in [0.15, 0.2) is 0 Å². The van der Waals surface area contributed by atoms with Crippen LogP contribution in [0.3, 0.4) is 0 Å². The van der Waals surface area contributed by atoms with Crippen molar-refractivity contribution in [1.82, 2.24) is 5.32 Å². The van der Waals surface area contributed by atoms with E-state index in [2.05, 4.69) is 16.0 Å². The molecular weight excluding hydrogens is 531 g/mol. The van der Waals surface area contributed by atoms with Crippen LogP contribution in [0.15, 0.2) is 60.7 Å². The summed E-state index contributed by atoms with van der Waals surface area (Å²) in [5.74, 6) is -2.92. The molecule has 2 amide bonds. The molecule has 3 aromatic rings. The summed E-state index contributed by atoms with van der Waals surface area (Å²) in [6, 6.07) is 13.5. The van der Waals surface area contributed by atoms with Crippen LogP contribution >= 0.6 is 23.2 Å². The van der Waals surface area contributed by atoms with E-state index in [1.165, 1.54) is 30.3 Å². The first-order chi connectivity index (χ1) is 17.9. The fourth-order valence-corrected chi connectivity index (χ4v) is 6.26. The van der Waals surface area contributed by atoms with Gasteiger partial charge in [0.25, 0.3) is 0 Å². The molecule has 5 nitrogen and oxygen atoms in total. The second-order valence-corrected chi connectivity index (χ2v) is 11.9. The van der Waals surface area contributed by atoms with E-state index in [0.29, 0.717) is 28.4 Å². The van der Waals surface area contributed by atoms with E-state index in [-0.39, 0.29) is 21.9 Å². The Morgan fingerprint density at radius 1 is 1.05 bits per heavy atom. The number of benzene rings is 3. The van der Waals surface area contributed by atoms with Crippen molar-refractivity contribution in [1.29, 1.82) is 0 Å². The number of fused-ring (bicyclic) bond motifs is 2. The number of halogens is 4. The summed E-state index contributed by atoms with van der Waals surface area (Å²) >= 11 is 12.5. The number of carbonyl (C=O) groups excluding carboxylic acids is 2. The van der Waals surface area contributed by atoms with Crippen LogP contribution in [0.2, 0.25) is 10.0 Å². The van der Waals surface area contributed by atoms with Crippen molar-refractivity contribution in [3.05, 3.63) is 93.5 Å². The van der Waals surface area contributed by atoms with Crippen molar-refractivity contribution in [3.8, 4) is 0 Å². The van der Waals surface area contributed by atoms with Gasteiger partial charge in [-0.2, -0.15) is 0 Å². The molecule has 1 saturated heterocycles. The molecule has 0 aromatic heterocycles. The summed E-state index contributed by atoms with van der Waals surface area (Å²) in [6.45, 7) is 6.12. The summed E-state index contributed by atoms with van der Waals surface area (Å²) in [4.78, 5) is 27.9. The van der Waals surface area contributed by atoms with Gasteiger partial charge >= 0.3 is 0 Å². The Morgan fingerprint density at radius 2 is 1.76 bits per heavy atom. The van der Waals surface area contributed by atoms with Gasteiger partial charge in [-0.1, -0.05) is 62.2 Å². The topological polar surface area (TPSA) is 70.2 Å². The molecule has 3 N–H and O–H groups in total. The lowest BCUT2D eigenvalue weighted by Crippen LogP contribution is -2.49. The molecule has 1 fully saturated rings. The first kappa shape index (κ1) is 26.6. The van der Waals surface area contributed by atoms with Gasteiger partial charge in [0.2, 0.25) is 11.8 Å². The molecule has 198 valence electrons. The molecule has 2 aliphatic heterocycles. The molecular formula is C29H27Cl2F2N3O2. The minimum absolute atomic E-state index is 0.107. The maximum Gasteiger partial charge on any atom is 0.242 e. The third-order valence-corrected chi connectivity index (χ3v) is 7.86. The van der Waals surface area contributed by atoms with Gasteiger partial charge in [-0.3, -0.25) is 9.59 Å². The summed E-state index contributed by atoms with van der Waals surface area (Å²) in [6.07, 6.45) is 0.501. The predicted molar refractivity (Wildman–Crippen MR) is 146 cm³/mol. The molecule has 9 heteroatoms. The quantitative estimate of drug-likeness (QED) is 0.336. The first-order valence-electron chi connectivity index (χ1n) is 12.3. The van der Waals surface area contributed by atoms with E-state index >= 15 is 4.39 Å². The zero-order valence-electron chi connectivity index (χ0n) is 21.0. The number of hydrogen-bond acceptors (Lipinski definition) is 3. The fourth-order valence-electron chi connectivity index (χ4n) is 5.91. The summed E-state index contributed by atoms with van der Waals surface area (Å²) in [7, 11) is 0. The van der Waals surface area contributed by atoms with Crippen LogP contribution in [-0.4, -0.2) is 23.9 Å². The molecule has 0 saturated carbocycles. The SMILES string of the molecule is CC(C)(C)CC1NC(C(=O)Nc2ccc(F)cc2)C(c2cccc(Cl)c2F)C12C(=O)Nc1cc(Cl)ccc12. The minimum atomic E-state index is -1.34. The maximum atomic E-state index is 15.7. The fraction of sp³-hybridized carbons (Fsp3) is 0.310. The van der Waals surface area contributed by atoms with Gasteiger partial charge < -0.3 is 16.0 Å². The molecule has 2 heterocycles. The minimum Gasteiger partial charge on any atom is -0.325 e. The van der Waals surface area contributed by atoms with Gasteiger partial charge in [0.1, 0.15) is 17.0 Å². The molecule has 0 radical (unpaired) electrons. The second kappa shape index (κ2) is 9.63. The van der Waals surface area contributed by atoms with Crippen molar-refractivity contribution in [2.24, 2.45) is 5.41 Å². The Bertz CT molecular complexity index is 1420. The van der Waals surface area contributed by atoms with E-state index in [4.69, 9.17) is 23.2 Å². The molecule has 4 atom stereocenters. The van der Waals surface area contributed by atoms with Crippen LogP contribution in [0.4, 0.5) is 20.2 Å². The average Bonchev–Trinajstić information content (AvgIpc) is 3.31. The Balaban J connectivity index is 1.72. The number of nitrogens with one attached hydrogen (secondary N) is 3. The van der Waals surface area contributed by atoms with Crippen molar-refractivity contribution in [2.75, 3.05) is 10.6 Å². The van der Waals surface area contributed by atoms with E-state index < -0.39 is 41.0 Å². The summed E-state index contributed by atoms with van der Waals surface area (Å²) < 4.78 is 29.2. The highest BCUT2D eigenvalue weighted by Gasteiger charge is 2.66. The lowest BCUT2D eigenvalue weighted by molar-refractivity contribution is -0.122. The highest BCUT2D eigenvalue weighted by atomic mass is 35.5. The van der Waals surface area contributed by atoms with E-state index in [1.54, 1.807) is 30.3 Å². The van der Waals surface area contributed by atoms with Crippen LogP contribution in [0, 0.1) is 17.0 Å². The number of carbonyl (C=O) groups is 2. The molecule has 0 bridgehead atoms. The molecule has 1 spiro atoms. The van der Waals surface area contributed by atoms with Crippen LogP contribution in [-0.2, 0) is 15.0 Å². The first-order valence-corrected chi connectivity index (χ1v) is 13.1. The van der Waals surface area contributed by atoms with Gasteiger partial charge in [-0.15, -0.1) is 0 Å². The van der Waals surface area contributed by atoms with E-state index in [1.807, 2.05) is 20.8 Å². The van der Waals surface area contributed by atoms with Crippen LogP contribution in [0.25, 0.3) is 0 Å². The lowest BCUT2D eigenvalue weighted by atomic mass is 9.62. The van der Waals surface area contributed by atoms with Gasteiger partial charge in [-0.05, 0) is 65.4 Å². The normalized spacial score (nSPS) is 24.4. The van der Waals surface area contributed by atoms with Crippen LogP contribution in [0.5, 0.6) is 0 Å². The predicted octanol–water partition coefficient (Wildman–Crippen LogP) is 6.66. The van der Waals surface area contributed by atoms with Gasteiger partial charge in [0, 0.05) is 28.4 Å². The Morgan fingerprint density at radius 3 is 2.45 bits per heavy atom. The van der Waals surface area contributed by atoms with Crippen molar-refractivity contribution < 1.29 is 18.4 Å². The Labute approximate surface area is 229 Å². The monoisotopic (exact) mass is 557 g/mol. The molecule has 5 rings (SSSR count). The highest BCUT2D eigenvalue weighted by molar-refractivity contribution is 6.31. The molecule has 3 aromatic carbocycles. The Hall–Kier alpha value is -3.00. The van der Waals surface area contributed by atoms with Crippen molar-refractivity contribution >= 4 is 46.4 Å². The Kier molecular flexibility index (Phi) is 6.74. The van der Waals surface area contributed by atoms with E-state index in [0.717, 1.165) is 0 Å². The van der Waals surface area contributed by atoms with E-state index in [9.17, 15) is 14.0 Å². The zero-order valence-corrected chi connectivity index (χ0v) is 22.6. The lowest BCUT2D eigenvalue weighted by Gasteiger charge is -2.37. The molecule has 0 aliphatic carbocycles. The average molecular weight is 558 g/mol. The number of amides is 2. The standard InChI is InChI=1S/C29H27Cl2F2N3O2/c1-28(2,3)14-22-29(19-12-7-15(30)13-21(19)35-27(29)38)23(18-5-4-6-20(31)24(18)33)25(36-22)26(37)34-17-10-8-16(32)9-11-17/h4-13,22-23,25,36H,14H2,1-3H3,(H,34,37)(H,35,38). The van der Waals surface area contributed by atoms with Crippen molar-refractivity contribution in [3.63, 3.8) is 0 Å². The third kappa shape index (κ3) is 4.46. The smallest absolute Gasteiger partial charge is 0.242 e. The maximum absolute atomic E-state index is 15.7. The summed E-state index contributed by atoms with van der Waals surface area (Å²) in [5.41, 5.74) is 0.0903. The molecule has 2 aliphatic rings. The highest BCUT2D eigenvalue weighted by Crippen LogP contribution is 2.57. The number of rotatable bonds is 4. The third-order valence-electron chi connectivity index (χ3n) is 7.33. The largest absolute Gasteiger partial charge is 0.325 e. The summed E-state index contributed by atoms with van der Waals surface area (Å²) in [5, 5.41) is 9.49. The van der Waals surface area contributed by atoms with Gasteiger partial charge in [0.05, 0.1) is 11.1 Å². The number of anilines is 2. The number of hydrogen-bond donors (Lipinski definition) is 3. The van der Waals surface area contributed by atoms with Gasteiger partial charge in [-0.25, -0.2) is 8.78 Å². The molecule has 4 unspecified atom stereocenters. The molecule has 38 heavy (non-hydrogen) atoms. The van der Waals surface area contributed by atoms with Crippen LogP contribution < -0.4 is 16.0 Å². The second-order valence-electron chi connectivity index (χ2n) is 11.1. The zero-order chi connectivity index (χ0) is 27.4.